The van der Waals surface area contributed by atoms with E-state index in [2.05, 4.69) is 24.7 Å². The molecule has 0 saturated heterocycles. The average Bonchev–Trinajstić information content (AvgIpc) is 2.69. The van der Waals surface area contributed by atoms with Gasteiger partial charge >= 0.3 is 5.97 Å². The monoisotopic (exact) mass is 388 g/mol. The van der Waals surface area contributed by atoms with Crippen LogP contribution in [-0.4, -0.2) is 45.5 Å². The molecule has 0 aliphatic heterocycles. The van der Waals surface area contributed by atoms with E-state index in [1.807, 2.05) is 30.7 Å². The van der Waals surface area contributed by atoms with Crippen LogP contribution in [0.4, 0.5) is 0 Å². The van der Waals surface area contributed by atoms with Crippen molar-refractivity contribution in [2.75, 3.05) is 19.6 Å². The second-order valence-electron chi connectivity index (χ2n) is 4.46. The Labute approximate surface area is 160 Å². The summed E-state index contributed by atoms with van der Waals surface area (Å²) >= 11 is 2.97. The lowest BCUT2D eigenvalue weighted by molar-refractivity contribution is -0.141. The van der Waals surface area contributed by atoms with Gasteiger partial charge in [0.25, 0.3) is 0 Å². The molecule has 0 saturated carbocycles. The van der Waals surface area contributed by atoms with Crippen molar-refractivity contribution in [3.8, 4) is 12.1 Å². The Kier molecular flexibility index (Phi) is 9.69. The number of methoxy groups -OCH3 is 1. The minimum absolute atomic E-state index is 0.357. The second-order valence-corrected chi connectivity index (χ2v) is 6.11. The number of hydrogen-bond donors (Lipinski definition) is 0. The van der Waals surface area contributed by atoms with E-state index in [0.29, 0.717) is 17.1 Å². The fraction of sp³-hybridized carbons (Fsp3) is 0.312. The van der Waals surface area contributed by atoms with Gasteiger partial charge in [-0.1, -0.05) is 0 Å². The third-order valence-electron chi connectivity index (χ3n) is 2.90. The zero-order chi connectivity index (χ0) is 19.4. The minimum atomic E-state index is -0.983. The lowest BCUT2D eigenvalue weighted by Gasteiger charge is -2.06. The summed E-state index contributed by atoms with van der Waals surface area (Å²) < 4.78 is 4.50. The Balaban J connectivity index is 0.000000273. The molecule has 8 nitrogen and oxygen atoms in total. The normalized spacial score (nSPS) is 10.5. The van der Waals surface area contributed by atoms with Crippen molar-refractivity contribution in [1.82, 2.24) is 19.9 Å². The summed E-state index contributed by atoms with van der Waals surface area (Å²) in [5, 5.41) is 18.8. The standard InChI is InChI=1S/C9H9N3O2S.C7H7N3S/c1-14-9(13)6(4-10)7-3-8(15-2)12-5-11-7;1-11-7-4-6(2-3-8)9-5-10-7/h3,5-6H,1-2H3;4-5H,2H2,1H3. The molecule has 26 heavy (non-hydrogen) atoms. The van der Waals surface area contributed by atoms with E-state index < -0.39 is 11.9 Å². The van der Waals surface area contributed by atoms with Gasteiger partial charge in [-0.05, 0) is 24.6 Å². The van der Waals surface area contributed by atoms with Gasteiger partial charge in [0.2, 0.25) is 0 Å². The molecule has 0 bridgehead atoms. The second kappa shape index (κ2) is 11.8. The molecule has 0 aliphatic carbocycles. The summed E-state index contributed by atoms with van der Waals surface area (Å²) in [6.07, 6.45) is 6.97. The molecule has 2 heterocycles. The Hall–Kier alpha value is -2.69. The van der Waals surface area contributed by atoms with Crippen molar-refractivity contribution in [3.05, 3.63) is 36.2 Å². The summed E-state index contributed by atoms with van der Waals surface area (Å²) in [6.45, 7) is 0. The summed E-state index contributed by atoms with van der Waals surface area (Å²) in [5.41, 5.74) is 1.15. The first-order chi connectivity index (χ1) is 12.6. The highest BCUT2D eigenvalue weighted by Crippen LogP contribution is 2.18. The van der Waals surface area contributed by atoms with Crippen LogP contribution < -0.4 is 0 Å². The maximum atomic E-state index is 11.2. The molecule has 2 aromatic rings. The number of thioether (sulfide) groups is 2. The van der Waals surface area contributed by atoms with E-state index in [0.717, 1.165) is 10.7 Å². The first-order valence-electron chi connectivity index (χ1n) is 7.14. The molecule has 1 unspecified atom stereocenters. The van der Waals surface area contributed by atoms with E-state index in [9.17, 15) is 4.79 Å². The predicted octanol–water partition coefficient (Wildman–Crippen LogP) is 2.24. The number of aromatic nitrogens is 4. The highest BCUT2D eigenvalue weighted by Gasteiger charge is 2.22. The summed E-state index contributed by atoms with van der Waals surface area (Å²) in [7, 11) is 1.24. The van der Waals surface area contributed by atoms with Gasteiger partial charge < -0.3 is 4.74 Å². The van der Waals surface area contributed by atoms with E-state index in [1.54, 1.807) is 17.8 Å². The highest BCUT2D eigenvalue weighted by atomic mass is 32.2. The van der Waals surface area contributed by atoms with Gasteiger partial charge in [-0.3, -0.25) is 4.79 Å². The van der Waals surface area contributed by atoms with Gasteiger partial charge in [0.15, 0.2) is 5.92 Å². The molecule has 1 atom stereocenters. The number of esters is 1. The number of carbonyl (C=O) groups is 1. The molecule has 0 amide bonds. The van der Waals surface area contributed by atoms with Crippen LogP contribution in [0.25, 0.3) is 0 Å². The summed E-state index contributed by atoms with van der Waals surface area (Å²) in [4.78, 5) is 27.0. The molecule has 0 aliphatic rings. The van der Waals surface area contributed by atoms with Crippen LogP contribution in [0.3, 0.4) is 0 Å². The third-order valence-corrected chi connectivity index (χ3v) is 4.19. The number of ether oxygens (including phenoxy) is 1. The van der Waals surface area contributed by atoms with E-state index >= 15 is 0 Å². The van der Waals surface area contributed by atoms with Crippen molar-refractivity contribution in [2.45, 2.75) is 22.4 Å². The number of rotatable bonds is 5. The van der Waals surface area contributed by atoms with Crippen LogP contribution in [-0.2, 0) is 16.0 Å². The smallest absolute Gasteiger partial charge is 0.329 e. The predicted molar refractivity (Wildman–Crippen MR) is 97.3 cm³/mol. The number of nitrogens with zero attached hydrogens (tertiary/aromatic N) is 6. The molecule has 10 heteroatoms. The van der Waals surface area contributed by atoms with Crippen LogP contribution >= 0.6 is 23.5 Å². The lowest BCUT2D eigenvalue weighted by atomic mass is 10.1. The van der Waals surface area contributed by atoms with Crippen molar-refractivity contribution >= 4 is 29.5 Å². The summed E-state index contributed by atoms with van der Waals surface area (Å²) in [6, 6.07) is 7.32. The van der Waals surface area contributed by atoms with Crippen LogP contribution in [0.2, 0.25) is 0 Å². The van der Waals surface area contributed by atoms with Crippen LogP contribution in [0.1, 0.15) is 17.3 Å². The largest absolute Gasteiger partial charge is 0.468 e. The molecular weight excluding hydrogens is 372 g/mol. The first kappa shape index (κ1) is 21.4. The molecule has 2 rings (SSSR count). The van der Waals surface area contributed by atoms with Crippen molar-refractivity contribution < 1.29 is 9.53 Å². The van der Waals surface area contributed by atoms with Crippen LogP contribution in [0, 0.1) is 22.7 Å². The Morgan fingerprint density at radius 2 is 1.73 bits per heavy atom. The quantitative estimate of drug-likeness (QED) is 0.427. The topological polar surface area (TPSA) is 125 Å². The number of hydrogen-bond acceptors (Lipinski definition) is 10. The van der Waals surface area contributed by atoms with Gasteiger partial charge in [-0.15, -0.1) is 23.5 Å². The number of nitriles is 2. The van der Waals surface area contributed by atoms with E-state index in [4.69, 9.17) is 10.5 Å². The van der Waals surface area contributed by atoms with Crippen LogP contribution in [0.5, 0.6) is 0 Å². The van der Waals surface area contributed by atoms with Crippen molar-refractivity contribution in [2.24, 2.45) is 0 Å². The SMILES string of the molecule is COC(=O)C(C#N)c1cc(SC)ncn1.CSc1cc(CC#N)ncn1. The Morgan fingerprint density at radius 1 is 1.12 bits per heavy atom. The van der Waals surface area contributed by atoms with E-state index in [1.165, 1.54) is 31.5 Å². The number of carbonyl (C=O) groups excluding carboxylic acids is 1. The zero-order valence-electron chi connectivity index (χ0n) is 14.4. The Morgan fingerprint density at radius 3 is 2.27 bits per heavy atom. The fourth-order valence-electron chi connectivity index (χ4n) is 1.65. The lowest BCUT2D eigenvalue weighted by Crippen LogP contribution is -2.14. The highest BCUT2D eigenvalue weighted by molar-refractivity contribution is 7.98. The molecule has 0 fully saturated rings. The summed E-state index contributed by atoms with van der Waals surface area (Å²) in [5.74, 6) is -1.59. The molecular formula is C16H16N6O2S2. The third kappa shape index (κ3) is 6.67. The maximum Gasteiger partial charge on any atom is 0.329 e. The van der Waals surface area contributed by atoms with Gasteiger partial charge in [0.1, 0.15) is 12.7 Å². The molecule has 134 valence electrons. The van der Waals surface area contributed by atoms with Gasteiger partial charge in [0.05, 0.1) is 47.1 Å². The van der Waals surface area contributed by atoms with Gasteiger partial charge in [-0.25, -0.2) is 19.9 Å². The molecule has 0 N–H and O–H groups in total. The molecule has 0 spiro atoms. The first-order valence-corrected chi connectivity index (χ1v) is 9.59. The molecule has 2 aromatic heterocycles. The van der Waals surface area contributed by atoms with Gasteiger partial charge in [-0.2, -0.15) is 10.5 Å². The maximum absolute atomic E-state index is 11.2. The zero-order valence-corrected chi connectivity index (χ0v) is 16.0. The van der Waals surface area contributed by atoms with E-state index in [-0.39, 0.29) is 0 Å². The minimum Gasteiger partial charge on any atom is -0.468 e. The van der Waals surface area contributed by atoms with Gasteiger partial charge in [0, 0.05) is 0 Å². The van der Waals surface area contributed by atoms with Crippen LogP contribution in [0.15, 0.2) is 34.8 Å². The molecule has 0 aromatic carbocycles. The Bertz CT molecular complexity index is 819. The average molecular weight is 388 g/mol. The molecule has 0 radical (unpaired) electrons. The van der Waals surface area contributed by atoms with Crippen molar-refractivity contribution in [3.63, 3.8) is 0 Å². The van der Waals surface area contributed by atoms with Crippen molar-refractivity contribution in [1.29, 1.82) is 10.5 Å². The fourth-order valence-corrected chi connectivity index (χ4v) is 2.44.